The molecular weight excluding hydrogens is 170 g/mol. The Kier molecular flexibility index (Phi) is 2.74. The van der Waals surface area contributed by atoms with Crippen LogP contribution in [0.3, 0.4) is 0 Å². The molecule has 0 heterocycles. The van der Waals surface area contributed by atoms with Crippen LogP contribution in [0.15, 0.2) is 24.3 Å². The Labute approximate surface area is 75.8 Å². The first-order valence-electron chi connectivity index (χ1n) is 3.88. The van der Waals surface area contributed by atoms with Crippen molar-refractivity contribution >= 4 is 6.09 Å². The number of hydrogen-bond acceptors (Lipinski definition) is 2. The molecule has 1 aromatic rings. The Morgan fingerprint density at radius 1 is 1.54 bits per heavy atom. The highest BCUT2D eigenvalue weighted by Crippen LogP contribution is 2.17. The monoisotopic (exact) mass is 181 g/mol. The lowest BCUT2D eigenvalue weighted by atomic mass is 10.1. The number of carboxylic acid groups (broad SMARTS) is 1. The second kappa shape index (κ2) is 3.80. The summed E-state index contributed by atoms with van der Waals surface area (Å²) in [5, 5.41) is 19.9. The summed E-state index contributed by atoms with van der Waals surface area (Å²) in [6, 6.07) is 6.17. The number of nitrogens with one attached hydrogen (secondary N) is 1. The lowest BCUT2D eigenvalue weighted by molar-refractivity contribution is 0.191. The summed E-state index contributed by atoms with van der Waals surface area (Å²) in [6.07, 6.45) is -1.07. The second-order valence-corrected chi connectivity index (χ2v) is 2.77. The molecule has 1 rings (SSSR count). The van der Waals surface area contributed by atoms with Gasteiger partial charge < -0.3 is 15.5 Å². The average Bonchev–Trinajstić information content (AvgIpc) is 2.03. The van der Waals surface area contributed by atoms with Crippen molar-refractivity contribution < 1.29 is 15.0 Å². The van der Waals surface area contributed by atoms with E-state index in [1.165, 1.54) is 12.1 Å². The maximum Gasteiger partial charge on any atom is 0.405 e. The van der Waals surface area contributed by atoms with Gasteiger partial charge in [-0.25, -0.2) is 4.79 Å². The maximum absolute atomic E-state index is 10.3. The highest BCUT2D eigenvalue weighted by atomic mass is 16.4. The molecular formula is C9H11NO3. The molecule has 1 unspecified atom stereocenters. The summed E-state index contributed by atoms with van der Waals surface area (Å²) >= 11 is 0. The fraction of sp³-hybridized carbons (Fsp3) is 0.222. The predicted molar refractivity (Wildman–Crippen MR) is 47.7 cm³/mol. The summed E-state index contributed by atoms with van der Waals surface area (Å²) in [6.45, 7) is 1.71. The highest BCUT2D eigenvalue weighted by Gasteiger charge is 2.07. The van der Waals surface area contributed by atoms with Crippen LogP contribution in [0, 0.1) is 0 Å². The van der Waals surface area contributed by atoms with Crippen LogP contribution in [0.5, 0.6) is 5.75 Å². The summed E-state index contributed by atoms with van der Waals surface area (Å²) in [5.74, 6) is 0.136. The number of benzene rings is 1. The van der Waals surface area contributed by atoms with E-state index in [1.54, 1.807) is 19.1 Å². The molecule has 4 heteroatoms. The molecule has 4 nitrogen and oxygen atoms in total. The summed E-state index contributed by atoms with van der Waals surface area (Å²) in [4.78, 5) is 10.3. The molecule has 0 fully saturated rings. The number of hydrogen-bond donors (Lipinski definition) is 3. The zero-order valence-electron chi connectivity index (χ0n) is 7.19. The predicted octanol–water partition coefficient (Wildman–Crippen LogP) is 1.72. The SMILES string of the molecule is CC(NC(=O)O)c1cccc(O)c1. The van der Waals surface area contributed by atoms with Crippen molar-refractivity contribution in [1.29, 1.82) is 0 Å². The van der Waals surface area contributed by atoms with Crippen molar-refractivity contribution in [2.75, 3.05) is 0 Å². The summed E-state index contributed by atoms with van der Waals surface area (Å²) < 4.78 is 0. The molecule has 0 aliphatic heterocycles. The van der Waals surface area contributed by atoms with E-state index in [0.29, 0.717) is 0 Å². The number of amides is 1. The molecule has 0 aliphatic carbocycles. The third kappa shape index (κ3) is 2.66. The normalized spacial score (nSPS) is 12.1. The molecule has 3 N–H and O–H groups in total. The first kappa shape index (κ1) is 9.38. The van der Waals surface area contributed by atoms with E-state index < -0.39 is 6.09 Å². The zero-order valence-corrected chi connectivity index (χ0v) is 7.19. The third-order valence-electron chi connectivity index (χ3n) is 1.71. The molecule has 0 aliphatic rings. The van der Waals surface area contributed by atoms with Crippen molar-refractivity contribution in [1.82, 2.24) is 5.32 Å². The number of phenols is 1. The van der Waals surface area contributed by atoms with Gasteiger partial charge in [-0.3, -0.25) is 0 Å². The van der Waals surface area contributed by atoms with E-state index in [2.05, 4.69) is 5.32 Å². The van der Waals surface area contributed by atoms with E-state index in [-0.39, 0.29) is 11.8 Å². The van der Waals surface area contributed by atoms with Crippen molar-refractivity contribution in [3.63, 3.8) is 0 Å². The van der Waals surface area contributed by atoms with Crippen LogP contribution >= 0.6 is 0 Å². The van der Waals surface area contributed by atoms with E-state index in [1.807, 2.05) is 0 Å². The van der Waals surface area contributed by atoms with Crippen LogP contribution in [0.25, 0.3) is 0 Å². The molecule has 0 saturated carbocycles. The summed E-state index contributed by atoms with van der Waals surface area (Å²) in [7, 11) is 0. The van der Waals surface area contributed by atoms with Crippen molar-refractivity contribution in [2.24, 2.45) is 0 Å². The van der Waals surface area contributed by atoms with Crippen molar-refractivity contribution in [2.45, 2.75) is 13.0 Å². The Bertz CT molecular complexity index is 311. The van der Waals surface area contributed by atoms with Gasteiger partial charge in [-0.05, 0) is 24.6 Å². The lowest BCUT2D eigenvalue weighted by Gasteiger charge is -2.11. The van der Waals surface area contributed by atoms with Gasteiger partial charge in [0.15, 0.2) is 0 Å². The minimum Gasteiger partial charge on any atom is -0.508 e. The lowest BCUT2D eigenvalue weighted by Crippen LogP contribution is -2.24. The fourth-order valence-corrected chi connectivity index (χ4v) is 1.06. The molecule has 1 amide bonds. The van der Waals surface area contributed by atoms with Gasteiger partial charge in [0.05, 0.1) is 6.04 Å². The highest BCUT2D eigenvalue weighted by molar-refractivity contribution is 5.65. The van der Waals surface area contributed by atoms with Crippen LogP contribution in [-0.2, 0) is 0 Å². The molecule has 0 radical (unpaired) electrons. The zero-order chi connectivity index (χ0) is 9.84. The van der Waals surface area contributed by atoms with E-state index >= 15 is 0 Å². The Morgan fingerprint density at radius 3 is 2.77 bits per heavy atom. The average molecular weight is 181 g/mol. The number of rotatable bonds is 2. The van der Waals surface area contributed by atoms with E-state index in [9.17, 15) is 4.79 Å². The summed E-state index contributed by atoms with van der Waals surface area (Å²) in [5.41, 5.74) is 0.738. The molecule has 70 valence electrons. The molecule has 13 heavy (non-hydrogen) atoms. The molecule has 0 aromatic heterocycles. The Morgan fingerprint density at radius 2 is 2.23 bits per heavy atom. The minimum atomic E-state index is -1.07. The van der Waals surface area contributed by atoms with E-state index in [0.717, 1.165) is 5.56 Å². The van der Waals surface area contributed by atoms with E-state index in [4.69, 9.17) is 10.2 Å². The number of carbonyl (C=O) groups is 1. The number of aromatic hydroxyl groups is 1. The van der Waals surface area contributed by atoms with Gasteiger partial charge in [0, 0.05) is 0 Å². The fourth-order valence-electron chi connectivity index (χ4n) is 1.06. The van der Waals surface area contributed by atoms with Gasteiger partial charge in [0.1, 0.15) is 5.75 Å². The first-order chi connectivity index (χ1) is 6.09. The maximum atomic E-state index is 10.3. The van der Waals surface area contributed by atoms with Gasteiger partial charge in [-0.2, -0.15) is 0 Å². The molecule has 0 spiro atoms. The minimum absolute atomic E-state index is 0.136. The van der Waals surface area contributed by atoms with Gasteiger partial charge in [0.2, 0.25) is 0 Å². The van der Waals surface area contributed by atoms with Gasteiger partial charge >= 0.3 is 6.09 Å². The van der Waals surface area contributed by atoms with Gasteiger partial charge in [0.25, 0.3) is 0 Å². The van der Waals surface area contributed by atoms with Gasteiger partial charge in [-0.1, -0.05) is 12.1 Å². The molecule has 0 bridgehead atoms. The Balaban J connectivity index is 2.76. The smallest absolute Gasteiger partial charge is 0.405 e. The standard InChI is InChI=1S/C9H11NO3/c1-6(10-9(12)13)7-3-2-4-8(11)5-7/h2-6,10-11H,1H3,(H,12,13). The second-order valence-electron chi connectivity index (χ2n) is 2.77. The van der Waals surface area contributed by atoms with Crippen LogP contribution in [0.1, 0.15) is 18.5 Å². The van der Waals surface area contributed by atoms with Gasteiger partial charge in [-0.15, -0.1) is 0 Å². The third-order valence-corrected chi connectivity index (χ3v) is 1.71. The molecule has 1 atom stereocenters. The molecule has 1 aromatic carbocycles. The largest absolute Gasteiger partial charge is 0.508 e. The number of phenolic OH excluding ortho intramolecular Hbond substituents is 1. The van der Waals surface area contributed by atoms with Crippen LogP contribution < -0.4 is 5.32 Å². The molecule has 0 saturated heterocycles. The van der Waals surface area contributed by atoms with Crippen molar-refractivity contribution in [3.05, 3.63) is 29.8 Å². The van der Waals surface area contributed by atoms with Crippen LogP contribution in [0.2, 0.25) is 0 Å². The first-order valence-corrected chi connectivity index (χ1v) is 3.88. The Hall–Kier alpha value is -1.71. The quantitative estimate of drug-likeness (QED) is 0.650. The van der Waals surface area contributed by atoms with Crippen LogP contribution in [0.4, 0.5) is 4.79 Å². The van der Waals surface area contributed by atoms with Crippen LogP contribution in [-0.4, -0.2) is 16.3 Å². The van der Waals surface area contributed by atoms with Crippen molar-refractivity contribution in [3.8, 4) is 5.75 Å². The topological polar surface area (TPSA) is 69.6 Å².